The molecule has 0 aliphatic rings. The van der Waals surface area contributed by atoms with Gasteiger partial charge in [-0.15, -0.1) is 0 Å². The largest absolute Gasteiger partial charge is 0.358 e. The number of thiocarbonyl (C=S) groups is 1. The summed E-state index contributed by atoms with van der Waals surface area (Å²) >= 11 is 6.78. The Morgan fingerprint density at radius 1 is 1.25 bits per heavy atom. The van der Waals surface area contributed by atoms with Crippen LogP contribution in [0.2, 0.25) is 0 Å². The number of thioether (sulfide) groups is 1. The summed E-state index contributed by atoms with van der Waals surface area (Å²) in [5.41, 5.74) is 3.16. The van der Waals surface area contributed by atoms with Gasteiger partial charge < -0.3 is 9.80 Å². The summed E-state index contributed by atoms with van der Waals surface area (Å²) in [7, 11) is 0. The molecule has 0 radical (unpaired) electrons. The van der Waals surface area contributed by atoms with Gasteiger partial charge in [0.15, 0.2) is 0 Å². The second-order valence-corrected chi connectivity index (χ2v) is 7.06. The molecule has 1 rings (SSSR count). The Kier molecular flexibility index (Phi) is 8.80. The maximum Gasteiger partial charge on any atom is 0.237 e. The predicted molar refractivity (Wildman–Crippen MR) is 106 cm³/mol. The fourth-order valence-corrected chi connectivity index (χ4v) is 3.51. The van der Waals surface area contributed by atoms with Crippen molar-refractivity contribution >= 4 is 39.9 Å². The molecule has 24 heavy (non-hydrogen) atoms. The Labute approximate surface area is 154 Å². The van der Waals surface area contributed by atoms with Gasteiger partial charge in [0, 0.05) is 25.3 Å². The number of aryl methyl sites for hydroxylation is 2. The monoisotopic (exact) mass is 363 g/mol. The van der Waals surface area contributed by atoms with E-state index < -0.39 is 0 Å². The summed E-state index contributed by atoms with van der Waals surface area (Å²) in [5, 5.41) is 8.88. The third-order valence-corrected chi connectivity index (χ3v) is 5.40. The molecular weight excluding hydrogens is 338 g/mol. The van der Waals surface area contributed by atoms with Crippen LogP contribution in [0.4, 0.5) is 5.69 Å². The zero-order chi connectivity index (χ0) is 18.1. The van der Waals surface area contributed by atoms with E-state index in [0.29, 0.717) is 13.0 Å². The number of nitrogens with zero attached hydrogens (tertiary/aromatic N) is 3. The first kappa shape index (κ1) is 20.5. The van der Waals surface area contributed by atoms with E-state index in [0.717, 1.165) is 28.7 Å². The van der Waals surface area contributed by atoms with Crippen LogP contribution in [0.25, 0.3) is 0 Å². The molecule has 0 fully saturated rings. The van der Waals surface area contributed by atoms with Crippen LogP contribution in [0.15, 0.2) is 18.2 Å². The Balaban J connectivity index is 2.84. The number of amides is 1. The molecule has 0 saturated carbocycles. The first-order valence-electron chi connectivity index (χ1n) is 8.10. The SMILES string of the molecule is CCN(CC)C(=S)SCC(=O)N(CCC#N)c1ccc(C)c(C)c1. The average molecular weight is 364 g/mol. The highest BCUT2D eigenvalue weighted by Gasteiger charge is 2.18. The van der Waals surface area contributed by atoms with Crippen molar-refractivity contribution < 1.29 is 4.79 Å². The van der Waals surface area contributed by atoms with E-state index in [2.05, 4.69) is 11.0 Å². The predicted octanol–water partition coefficient (Wildman–Crippen LogP) is 3.91. The fourth-order valence-electron chi connectivity index (χ4n) is 2.23. The molecule has 0 aromatic heterocycles. The van der Waals surface area contributed by atoms with E-state index >= 15 is 0 Å². The third-order valence-electron chi connectivity index (χ3n) is 3.89. The van der Waals surface area contributed by atoms with Crippen molar-refractivity contribution in [3.63, 3.8) is 0 Å². The highest BCUT2D eigenvalue weighted by Crippen LogP contribution is 2.21. The summed E-state index contributed by atoms with van der Waals surface area (Å²) < 4.78 is 0.744. The maximum absolute atomic E-state index is 12.7. The molecule has 0 spiro atoms. The van der Waals surface area contributed by atoms with E-state index in [9.17, 15) is 4.79 Å². The van der Waals surface area contributed by atoms with Crippen molar-refractivity contribution in [3.05, 3.63) is 29.3 Å². The van der Waals surface area contributed by atoms with Crippen molar-refractivity contribution in [1.29, 1.82) is 5.26 Å². The highest BCUT2D eigenvalue weighted by atomic mass is 32.2. The Bertz CT molecular complexity index is 621. The molecule has 0 heterocycles. The molecule has 130 valence electrons. The van der Waals surface area contributed by atoms with Crippen LogP contribution in [-0.4, -0.2) is 40.5 Å². The van der Waals surface area contributed by atoms with Crippen LogP contribution >= 0.6 is 24.0 Å². The Morgan fingerprint density at radius 3 is 2.46 bits per heavy atom. The normalized spacial score (nSPS) is 10.1. The van der Waals surface area contributed by atoms with Crippen molar-refractivity contribution in [2.24, 2.45) is 0 Å². The van der Waals surface area contributed by atoms with E-state index in [1.165, 1.54) is 17.3 Å². The summed E-state index contributed by atoms with van der Waals surface area (Å²) in [6.07, 6.45) is 0.309. The van der Waals surface area contributed by atoms with Crippen LogP contribution in [0.3, 0.4) is 0 Å². The number of nitriles is 1. The smallest absolute Gasteiger partial charge is 0.237 e. The molecule has 4 nitrogen and oxygen atoms in total. The van der Waals surface area contributed by atoms with Crippen molar-refractivity contribution in [3.8, 4) is 6.07 Å². The van der Waals surface area contributed by atoms with Crippen LogP contribution in [0.1, 0.15) is 31.4 Å². The zero-order valence-corrected chi connectivity index (χ0v) is 16.5. The summed E-state index contributed by atoms with van der Waals surface area (Å²) in [6, 6.07) is 8.05. The molecule has 0 unspecified atom stereocenters. The van der Waals surface area contributed by atoms with E-state index in [4.69, 9.17) is 17.5 Å². The van der Waals surface area contributed by atoms with E-state index in [-0.39, 0.29) is 11.7 Å². The summed E-state index contributed by atoms with van der Waals surface area (Å²) in [5.74, 6) is 0.265. The van der Waals surface area contributed by atoms with Crippen LogP contribution in [-0.2, 0) is 4.79 Å². The number of carbonyl (C=O) groups is 1. The van der Waals surface area contributed by atoms with Gasteiger partial charge in [-0.2, -0.15) is 5.26 Å². The summed E-state index contributed by atoms with van der Waals surface area (Å²) in [4.78, 5) is 16.4. The number of carbonyl (C=O) groups excluding carboxylic acids is 1. The van der Waals surface area contributed by atoms with Gasteiger partial charge in [-0.1, -0.05) is 30.0 Å². The van der Waals surface area contributed by atoms with Crippen LogP contribution in [0.5, 0.6) is 0 Å². The van der Waals surface area contributed by atoms with Crippen molar-refractivity contribution in [2.45, 2.75) is 34.1 Å². The lowest BCUT2D eigenvalue weighted by molar-refractivity contribution is -0.116. The number of anilines is 1. The molecule has 0 bridgehead atoms. The van der Waals surface area contributed by atoms with Crippen molar-refractivity contribution in [1.82, 2.24) is 4.90 Å². The standard InChI is InChI=1S/C18H25N3OS2/c1-5-20(6-2)18(23)24-13-17(22)21(11-7-10-19)16-9-8-14(3)15(4)12-16/h8-9,12H,5-7,11,13H2,1-4H3. The van der Waals surface area contributed by atoms with Gasteiger partial charge in [-0.05, 0) is 51.0 Å². The van der Waals surface area contributed by atoms with Gasteiger partial charge in [0.2, 0.25) is 5.91 Å². The Hall–Kier alpha value is -1.58. The second-order valence-electron chi connectivity index (χ2n) is 5.45. The molecule has 0 aliphatic heterocycles. The second kappa shape index (κ2) is 10.3. The lowest BCUT2D eigenvalue weighted by Gasteiger charge is -2.24. The quantitative estimate of drug-likeness (QED) is 0.687. The Morgan fingerprint density at radius 2 is 1.92 bits per heavy atom. The molecule has 1 aromatic carbocycles. The molecule has 0 atom stereocenters. The van der Waals surface area contributed by atoms with Crippen molar-refractivity contribution in [2.75, 3.05) is 30.3 Å². The van der Waals surface area contributed by atoms with Gasteiger partial charge in [-0.25, -0.2) is 0 Å². The topological polar surface area (TPSA) is 47.3 Å². The van der Waals surface area contributed by atoms with Gasteiger partial charge in [0.05, 0.1) is 18.2 Å². The fraction of sp³-hybridized carbons (Fsp3) is 0.500. The lowest BCUT2D eigenvalue weighted by atomic mass is 10.1. The first-order chi connectivity index (χ1) is 11.4. The highest BCUT2D eigenvalue weighted by molar-refractivity contribution is 8.23. The average Bonchev–Trinajstić information content (AvgIpc) is 2.57. The first-order valence-corrected chi connectivity index (χ1v) is 9.50. The van der Waals surface area contributed by atoms with Gasteiger partial charge in [0.1, 0.15) is 4.32 Å². The molecular formula is C18H25N3OS2. The molecule has 0 N–H and O–H groups in total. The van der Waals surface area contributed by atoms with Crippen LogP contribution in [0, 0.1) is 25.2 Å². The maximum atomic E-state index is 12.7. The minimum absolute atomic E-state index is 0.0204. The zero-order valence-electron chi connectivity index (χ0n) is 14.8. The van der Waals surface area contributed by atoms with E-state index in [1.807, 2.05) is 45.9 Å². The van der Waals surface area contributed by atoms with Gasteiger partial charge >= 0.3 is 0 Å². The minimum Gasteiger partial charge on any atom is -0.358 e. The minimum atomic E-state index is -0.0204. The third kappa shape index (κ3) is 5.81. The van der Waals surface area contributed by atoms with Gasteiger partial charge in [0.25, 0.3) is 0 Å². The molecule has 0 saturated heterocycles. The van der Waals surface area contributed by atoms with Gasteiger partial charge in [-0.3, -0.25) is 4.79 Å². The number of rotatable bonds is 7. The number of hydrogen-bond donors (Lipinski definition) is 0. The number of hydrogen-bond acceptors (Lipinski definition) is 4. The molecule has 0 aliphatic carbocycles. The molecule has 1 amide bonds. The van der Waals surface area contributed by atoms with Crippen LogP contribution < -0.4 is 4.90 Å². The number of benzene rings is 1. The molecule has 1 aromatic rings. The molecule has 6 heteroatoms. The summed E-state index contributed by atoms with van der Waals surface area (Å²) in [6.45, 7) is 10.2. The lowest BCUT2D eigenvalue weighted by Crippen LogP contribution is -2.35. The van der Waals surface area contributed by atoms with E-state index in [1.54, 1.807) is 4.90 Å².